The van der Waals surface area contributed by atoms with Gasteiger partial charge in [-0.3, -0.25) is 0 Å². The molecule has 0 spiro atoms. The van der Waals surface area contributed by atoms with Crippen LogP contribution in [0, 0.1) is 5.21 Å². The first-order valence-electron chi connectivity index (χ1n) is 6.48. The van der Waals surface area contributed by atoms with Gasteiger partial charge in [0.15, 0.2) is 11.8 Å². The monoisotopic (exact) mass is 249 g/mol. The molecule has 0 radical (unpaired) electrons. The molecule has 0 bridgehead atoms. The van der Waals surface area contributed by atoms with Crippen LogP contribution in [-0.2, 0) is 0 Å². The van der Waals surface area contributed by atoms with Gasteiger partial charge >= 0.3 is 0 Å². The van der Waals surface area contributed by atoms with Crippen molar-refractivity contribution < 1.29 is 9.48 Å². The molecule has 0 saturated carbocycles. The van der Waals surface area contributed by atoms with Crippen molar-refractivity contribution in [2.45, 2.75) is 46.1 Å². The number of unbranched alkanes of at least 4 members (excludes halogenated alkanes) is 1. The summed E-state index contributed by atoms with van der Waals surface area (Å²) < 4.78 is 6.66. The molecule has 1 aromatic carbocycles. The lowest BCUT2D eigenvalue weighted by Gasteiger charge is -2.19. The number of nitrogens with zero attached hydrogens (tertiary/aromatic N) is 1. The van der Waals surface area contributed by atoms with Crippen LogP contribution in [0.15, 0.2) is 24.3 Å². The highest BCUT2D eigenvalue weighted by Gasteiger charge is 2.18. The van der Waals surface area contributed by atoms with Crippen LogP contribution < -0.4 is 4.74 Å². The SMILES string of the molecule is CCCCOc1ccccc1C=[N+]([O-])C(C)(C)C. The van der Waals surface area contributed by atoms with E-state index in [1.54, 1.807) is 6.21 Å². The lowest BCUT2D eigenvalue weighted by Crippen LogP contribution is -2.29. The van der Waals surface area contributed by atoms with E-state index in [9.17, 15) is 5.21 Å². The Labute approximate surface area is 110 Å². The maximum atomic E-state index is 11.9. The maximum absolute atomic E-state index is 11.9. The van der Waals surface area contributed by atoms with Gasteiger partial charge < -0.3 is 9.94 Å². The number of hydrogen-bond acceptors (Lipinski definition) is 2. The summed E-state index contributed by atoms with van der Waals surface area (Å²) in [5.74, 6) is 0.774. The lowest BCUT2D eigenvalue weighted by atomic mass is 10.1. The minimum atomic E-state index is -0.434. The molecular formula is C15H23NO2. The number of benzene rings is 1. The Morgan fingerprint density at radius 2 is 1.94 bits per heavy atom. The minimum absolute atomic E-state index is 0.434. The molecule has 0 N–H and O–H groups in total. The Morgan fingerprint density at radius 1 is 1.28 bits per heavy atom. The molecule has 3 heteroatoms. The summed E-state index contributed by atoms with van der Waals surface area (Å²) in [5.41, 5.74) is 0.398. The molecule has 0 aliphatic carbocycles. The molecule has 0 unspecified atom stereocenters. The summed E-state index contributed by atoms with van der Waals surface area (Å²) in [6.07, 6.45) is 3.72. The van der Waals surface area contributed by atoms with Gasteiger partial charge in [-0.15, -0.1) is 0 Å². The van der Waals surface area contributed by atoms with E-state index in [0.717, 1.165) is 28.9 Å². The fourth-order valence-electron chi connectivity index (χ4n) is 1.37. The summed E-state index contributed by atoms with van der Waals surface area (Å²) in [6, 6.07) is 7.63. The third-order valence-electron chi connectivity index (χ3n) is 2.59. The van der Waals surface area contributed by atoms with Crippen molar-refractivity contribution in [3.8, 4) is 5.75 Å². The Morgan fingerprint density at radius 3 is 2.56 bits per heavy atom. The first-order chi connectivity index (χ1) is 8.45. The maximum Gasteiger partial charge on any atom is 0.186 e. The van der Waals surface area contributed by atoms with Gasteiger partial charge in [0.2, 0.25) is 0 Å². The molecule has 0 aliphatic heterocycles. The standard InChI is InChI=1S/C15H23NO2/c1-5-6-11-18-14-10-8-7-9-13(14)12-16(17)15(2,3)4/h7-10,12H,5-6,11H2,1-4H3. The zero-order valence-corrected chi connectivity index (χ0v) is 11.8. The predicted octanol–water partition coefficient (Wildman–Crippen LogP) is 3.59. The Hall–Kier alpha value is -1.51. The highest BCUT2D eigenvalue weighted by molar-refractivity contribution is 5.80. The van der Waals surface area contributed by atoms with Crippen LogP contribution >= 0.6 is 0 Å². The number of rotatable bonds is 5. The number of hydroxylamine groups is 1. The van der Waals surface area contributed by atoms with E-state index in [4.69, 9.17) is 4.74 Å². The molecule has 18 heavy (non-hydrogen) atoms. The first kappa shape index (κ1) is 14.6. The number of para-hydroxylation sites is 1. The third-order valence-corrected chi connectivity index (χ3v) is 2.59. The molecule has 0 aliphatic rings. The molecule has 0 atom stereocenters. The molecule has 0 heterocycles. The van der Waals surface area contributed by atoms with E-state index in [1.165, 1.54) is 0 Å². The largest absolute Gasteiger partial charge is 0.623 e. The van der Waals surface area contributed by atoms with Crippen molar-refractivity contribution in [1.29, 1.82) is 0 Å². The zero-order valence-electron chi connectivity index (χ0n) is 11.8. The van der Waals surface area contributed by atoms with E-state index in [2.05, 4.69) is 6.92 Å². The van der Waals surface area contributed by atoms with Gasteiger partial charge in [0.05, 0.1) is 12.2 Å². The number of hydrogen-bond donors (Lipinski definition) is 0. The quantitative estimate of drug-likeness (QED) is 0.263. The van der Waals surface area contributed by atoms with Crippen LogP contribution in [0.1, 0.15) is 46.1 Å². The van der Waals surface area contributed by atoms with E-state index in [0.29, 0.717) is 6.61 Å². The Bertz CT molecular complexity index is 405. The Kier molecular flexibility index (Phi) is 5.20. The first-order valence-corrected chi connectivity index (χ1v) is 6.48. The lowest BCUT2D eigenvalue weighted by molar-refractivity contribution is -0.530. The van der Waals surface area contributed by atoms with Crippen molar-refractivity contribution >= 4 is 6.21 Å². The van der Waals surface area contributed by atoms with Gasteiger partial charge in [0, 0.05) is 20.8 Å². The second-order valence-corrected chi connectivity index (χ2v) is 5.37. The van der Waals surface area contributed by atoms with Gasteiger partial charge in [-0.05, 0) is 18.6 Å². The van der Waals surface area contributed by atoms with Crippen LogP contribution in [0.5, 0.6) is 5.75 Å². The molecule has 0 fully saturated rings. The van der Waals surface area contributed by atoms with Gasteiger partial charge in [0.1, 0.15) is 5.75 Å². The molecule has 0 aromatic heterocycles. The van der Waals surface area contributed by atoms with Crippen LogP contribution in [0.25, 0.3) is 0 Å². The Balaban J connectivity index is 2.88. The highest BCUT2D eigenvalue weighted by atomic mass is 16.5. The topological polar surface area (TPSA) is 35.3 Å². The van der Waals surface area contributed by atoms with E-state index >= 15 is 0 Å². The van der Waals surface area contributed by atoms with Crippen LogP contribution in [0.2, 0.25) is 0 Å². The second kappa shape index (κ2) is 6.43. The summed E-state index contributed by atoms with van der Waals surface area (Å²) in [7, 11) is 0. The number of ether oxygens (including phenoxy) is 1. The van der Waals surface area contributed by atoms with E-state index in [-0.39, 0.29) is 0 Å². The van der Waals surface area contributed by atoms with Crippen LogP contribution in [0.3, 0.4) is 0 Å². The normalized spacial score (nSPS) is 12.6. The summed E-state index contributed by atoms with van der Waals surface area (Å²) in [6.45, 7) is 8.47. The van der Waals surface area contributed by atoms with Crippen molar-refractivity contribution in [2.75, 3.05) is 6.61 Å². The predicted molar refractivity (Wildman–Crippen MR) is 75.4 cm³/mol. The average Bonchev–Trinajstić information content (AvgIpc) is 2.30. The fourth-order valence-corrected chi connectivity index (χ4v) is 1.37. The van der Waals surface area contributed by atoms with Crippen molar-refractivity contribution in [3.05, 3.63) is 35.0 Å². The smallest absolute Gasteiger partial charge is 0.186 e. The van der Waals surface area contributed by atoms with Crippen LogP contribution in [0.4, 0.5) is 0 Å². The van der Waals surface area contributed by atoms with Gasteiger partial charge in [-0.2, -0.15) is 0 Å². The minimum Gasteiger partial charge on any atom is -0.623 e. The molecule has 100 valence electrons. The highest BCUT2D eigenvalue weighted by Crippen LogP contribution is 2.17. The van der Waals surface area contributed by atoms with Gasteiger partial charge in [-0.25, -0.2) is 4.74 Å². The molecular weight excluding hydrogens is 226 g/mol. The van der Waals surface area contributed by atoms with Crippen LogP contribution in [-0.4, -0.2) is 23.1 Å². The third kappa shape index (κ3) is 4.40. The fraction of sp³-hybridized carbons (Fsp3) is 0.533. The van der Waals surface area contributed by atoms with E-state index in [1.807, 2.05) is 45.0 Å². The second-order valence-electron chi connectivity index (χ2n) is 5.37. The molecule has 1 rings (SSSR count). The molecule has 0 amide bonds. The summed E-state index contributed by atoms with van der Waals surface area (Å²) in [4.78, 5) is 0. The van der Waals surface area contributed by atoms with Gasteiger partial charge in [0.25, 0.3) is 0 Å². The summed E-state index contributed by atoms with van der Waals surface area (Å²) >= 11 is 0. The summed E-state index contributed by atoms with van der Waals surface area (Å²) in [5, 5.41) is 11.9. The molecule has 3 nitrogen and oxygen atoms in total. The molecule has 0 saturated heterocycles. The van der Waals surface area contributed by atoms with Crippen molar-refractivity contribution in [1.82, 2.24) is 0 Å². The van der Waals surface area contributed by atoms with Gasteiger partial charge in [-0.1, -0.05) is 25.5 Å². The average molecular weight is 249 g/mol. The van der Waals surface area contributed by atoms with Crippen molar-refractivity contribution in [3.63, 3.8) is 0 Å². The molecule has 1 aromatic rings. The van der Waals surface area contributed by atoms with E-state index < -0.39 is 5.54 Å². The van der Waals surface area contributed by atoms with Crippen molar-refractivity contribution in [2.24, 2.45) is 0 Å². The zero-order chi connectivity index (χ0) is 13.6.